The highest BCUT2D eigenvalue weighted by atomic mass is 32.2. The molecular weight excluding hydrogens is 560 g/mol. The zero-order chi connectivity index (χ0) is 30.6. The molecule has 0 saturated heterocycles. The van der Waals surface area contributed by atoms with Gasteiger partial charge in [0.1, 0.15) is 18.1 Å². The first-order chi connectivity index (χ1) is 20.1. The van der Waals surface area contributed by atoms with Crippen molar-refractivity contribution in [2.24, 2.45) is 11.5 Å². The van der Waals surface area contributed by atoms with E-state index in [2.05, 4.69) is 20.9 Å². The molecule has 0 radical (unpaired) electrons. The zero-order valence-corrected chi connectivity index (χ0v) is 24.0. The molecule has 0 aliphatic heterocycles. The molecule has 9 N–H and O–H groups in total. The smallest absolute Gasteiger partial charge is 0.326 e. The Hall–Kier alpha value is -4.36. The van der Waals surface area contributed by atoms with E-state index < -0.39 is 60.2 Å². The number of aliphatic carboxylic acids is 1. The third-order valence-corrected chi connectivity index (χ3v) is 7.27. The van der Waals surface area contributed by atoms with Crippen molar-refractivity contribution < 1.29 is 29.1 Å². The number of aromatic amines is 1. The second kappa shape index (κ2) is 15.6. The van der Waals surface area contributed by atoms with Gasteiger partial charge in [0, 0.05) is 23.5 Å². The number of hydrogen-bond donors (Lipinski definition) is 7. The standard InChI is InChI=1S/C29H36N6O6S/c1-42-12-11-22(27(38)35-24(29(40)41)15-25(31)36)33-28(39)23(13-17-7-3-2-4-8-17)34-26(37)20(30)14-18-16-32-21-10-6-5-9-19(18)21/h2-10,16,20,22-24,32H,11-15,30H2,1H3,(H2,31,36)(H,33,39)(H,34,37)(H,35,38)(H,40,41). The molecule has 3 rings (SSSR count). The Balaban J connectivity index is 1.76. The van der Waals surface area contributed by atoms with E-state index in [1.165, 1.54) is 11.8 Å². The molecule has 0 aliphatic rings. The number of fused-ring (bicyclic) bond motifs is 1. The Morgan fingerprint density at radius 3 is 2.14 bits per heavy atom. The van der Waals surface area contributed by atoms with E-state index >= 15 is 0 Å². The van der Waals surface area contributed by atoms with Gasteiger partial charge in [0.25, 0.3) is 0 Å². The van der Waals surface area contributed by atoms with Crippen LogP contribution in [0.3, 0.4) is 0 Å². The molecule has 0 saturated carbocycles. The van der Waals surface area contributed by atoms with Crippen molar-refractivity contribution in [3.63, 3.8) is 0 Å². The first-order valence-corrected chi connectivity index (χ1v) is 14.7. The van der Waals surface area contributed by atoms with Gasteiger partial charge in [0.15, 0.2) is 0 Å². The zero-order valence-electron chi connectivity index (χ0n) is 23.2. The fourth-order valence-electron chi connectivity index (χ4n) is 4.42. The van der Waals surface area contributed by atoms with Gasteiger partial charge in [-0.1, -0.05) is 48.5 Å². The Morgan fingerprint density at radius 1 is 0.857 bits per heavy atom. The SMILES string of the molecule is CSCCC(NC(=O)C(Cc1ccccc1)NC(=O)C(N)Cc1c[nH]c2ccccc12)C(=O)NC(CC(N)=O)C(=O)O. The molecule has 42 heavy (non-hydrogen) atoms. The molecule has 13 heteroatoms. The number of nitrogens with one attached hydrogen (secondary N) is 4. The number of benzene rings is 2. The molecule has 12 nitrogen and oxygen atoms in total. The number of rotatable bonds is 16. The van der Waals surface area contributed by atoms with Gasteiger partial charge in [-0.15, -0.1) is 0 Å². The quantitative estimate of drug-likeness (QED) is 0.123. The Labute approximate surface area is 247 Å². The van der Waals surface area contributed by atoms with Gasteiger partial charge >= 0.3 is 5.97 Å². The second-order valence-corrected chi connectivity index (χ2v) is 10.8. The van der Waals surface area contributed by atoms with Gasteiger partial charge in [0.05, 0.1) is 12.5 Å². The third-order valence-electron chi connectivity index (χ3n) is 6.63. The summed E-state index contributed by atoms with van der Waals surface area (Å²) in [6.07, 6.45) is 3.53. The van der Waals surface area contributed by atoms with Crippen LogP contribution in [0, 0.1) is 0 Å². The number of carboxylic acids is 1. The number of carbonyl (C=O) groups excluding carboxylic acids is 4. The lowest BCUT2D eigenvalue weighted by Gasteiger charge is -2.25. The molecule has 0 bridgehead atoms. The van der Waals surface area contributed by atoms with Gasteiger partial charge in [-0.3, -0.25) is 19.2 Å². The van der Waals surface area contributed by atoms with Crippen LogP contribution >= 0.6 is 11.8 Å². The molecule has 0 fully saturated rings. The summed E-state index contributed by atoms with van der Waals surface area (Å²) in [5.41, 5.74) is 13.9. The summed E-state index contributed by atoms with van der Waals surface area (Å²) >= 11 is 1.43. The number of para-hydroxylation sites is 1. The second-order valence-electron chi connectivity index (χ2n) is 9.83. The highest BCUT2D eigenvalue weighted by molar-refractivity contribution is 7.98. The summed E-state index contributed by atoms with van der Waals surface area (Å²) in [5.74, 6) is -3.84. The van der Waals surface area contributed by atoms with Crippen molar-refractivity contribution in [3.05, 3.63) is 71.9 Å². The normalized spacial score (nSPS) is 13.9. The number of primary amides is 1. The van der Waals surface area contributed by atoms with Crippen molar-refractivity contribution in [3.8, 4) is 0 Å². The van der Waals surface area contributed by atoms with Crippen LogP contribution in [0.1, 0.15) is 24.0 Å². The summed E-state index contributed by atoms with van der Waals surface area (Å²) in [6, 6.07) is 11.9. The topological polar surface area (TPSA) is 209 Å². The van der Waals surface area contributed by atoms with Crippen LogP contribution in [-0.2, 0) is 36.8 Å². The van der Waals surface area contributed by atoms with Crippen LogP contribution in [0.5, 0.6) is 0 Å². The molecule has 4 amide bonds. The maximum atomic E-state index is 13.5. The van der Waals surface area contributed by atoms with E-state index in [0.29, 0.717) is 5.75 Å². The average Bonchev–Trinajstić information content (AvgIpc) is 3.37. The maximum absolute atomic E-state index is 13.5. The highest BCUT2D eigenvalue weighted by Gasteiger charge is 2.31. The Kier molecular flexibility index (Phi) is 11.9. The van der Waals surface area contributed by atoms with Crippen LogP contribution in [0.4, 0.5) is 0 Å². The minimum absolute atomic E-state index is 0.120. The average molecular weight is 597 g/mol. The highest BCUT2D eigenvalue weighted by Crippen LogP contribution is 2.19. The first kappa shape index (κ1) is 32.2. The molecule has 0 spiro atoms. The number of nitrogens with two attached hydrogens (primary N) is 2. The summed E-state index contributed by atoms with van der Waals surface area (Å²) in [6.45, 7) is 0. The van der Waals surface area contributed by atoms with Crippen molar-refractivity contribution in [2.75, 3.05) is 12.0 Å². The first-order valence-electron chi connectivity index (χ1n) is 13.3. The number of hydrogen-bond acceptors (Lipinski definition) is 7. The minimum atomic E-state index is -1.55. The number of thioether (sulfide) groups is 1. The molecule has 224 valence electrons. The molecule has 1 aromatic heterocycles. The van der Waals surface area contributed by atoms with E-state index in [9.17, 15) is 29.1 Å². The monoisotopic (exact) mass is 596 g/mol. The molecule has 4 atom stereocenters. The fraction of sp³-hybridized carbons (Fsp3) is 0.345. The van der Waals surface area contributed by atoms with Gasteiger partial charge in [-0.2, -0.15) is 11.8 Å². The lowest BCUT2D eigenvalue weighted by atomic mass is 10.0. The molecule has 0 aliphatic carbocycles. The largest absolute Gasteiger partial charge is 0.480 e. The van der Waals surface area contributed by atoms with Crippen LogP contribution < -0.4 is 27.4 Å². The van der Waals surface area contributed by atoms with E-state index in [-0.39, 0.29) is 19.3 Å². The summed E-state index contributed by atoms with van der Waals surface area (Å²) in [4.78, 5) is 65.7. The minimum Gasteiger partial charge on any atom is -0.480 e. The molecular formula is C29H36N6O6S. The third kappa shape index (κ3) is 9.35. The van der Waals surface area contributed by atoms with Crippen LogP contribution in [0.25, 0.3) is 10.9 Å². The Bertz CT molecular complexity index is 1400. The summed E-state index contributed by atoms with van der Waals surface area (Å²) in [7, 11) is 0. The molecule has 3 aromatic rings. The van der Waals surface area contributed by atoms with Crippen molar-refractivity contribution in [2.45, 2.75) is 49.9 Å². The molecule has 2 aromatic carbocycles. The number of amides is 4. The van der Waals surface area contributed by atoms with Crippen LogP contribution in [0.2, 0.25) is 0 Å². The van der Waals surface area contributed by atoms with E-state index in [4.69, 9.17) is 11.5 Å². The lowest BCUT2D eigenvalue weighted by molar-refractivity contribution is -0.143. The molecule has 1 heterocycles. The van der Waals surface area contributed by atoms with Crippen molar-refractivity contribution in [1.82, 2.24) is 20.9 Å². The van der Waals surface area contributed by atoms with Gasteiger partial charge < -0.3 is 37.5 Å². The van der Waals surface area contributed by atoms with Gasteiger partial charge in [-0.25, -0.2) is 4.79 Å². The fourth-order valence-corrected chi connectivity index (χ4v) is 4.89. The Morgan fingerprint density at radius 2 is 1.48 bits per heavy atom. The van der Waals surface area contributed by atoms with E-state index in [1.807, 2.05) is 36.6 Å². The van der Waals surface area contributed by atoms with Crippen LogP contribution in [0.15, 0.2) is 60.8 Å². The summed E-state index contributed by atoms with van der Waals surface area (Å²) < 4.78 is 0. The number of H-pyrrole nitrogens is 1. The number of carboxylic acid groups (broad SMARTS) is 1. The number of aromatic nitrogens is 1. The van der Waals surface area contributed by atoms with Crippen LogP contribution in [-0.4, -0.2) is 75.9 Å². The summed E-state index contributed by atoms with van der Waals surface area (Å²) in [5, 5.41) is 18.0. The predicted octanol–water partition coefficient (Wildman–Crippen LogP) is 0.448. The number of carbonyl (C=O) groups is 5. The van der Waals surface area contributed by atoms with E-state index in [1.54, 1.807) is 30.5 Å². The van der Waals surface area contributed by atoms with Crippen molar-refractivity contribution in [1.29, 1.82) is 0 Å². The van der Waals surface area contributed by atoms with E-state index in [0.717, 1.165) is 22.0 Å². The molecule has 4 unspecified atom stereocenters. The van der Waals surface area contributed by atoms with Gasteiger partial charge in [-0.05, 0) is 42.0 Å². The lowest BCUT2D eigenvalue weighted by Crippen LogP contribution is -2.58. The van der Waals surface area contributed by atoms with Gasteiger partial charge in [0.2, 0.25) is 23.6 Å². The maximum Gasteiger partial charge on any atom is 0.326 e. The van der Waals surface area contributed by atoms with Crippen molar-refractivity contribution >= 4 is 52.3 Å². The predicted molar refractivity (Wildman–Crippen MR) is 160 cm³/mol.